The number of benzene rings is 2. The minimum Gasteiger partial charge on any atom is -0.497 e. The molecule has 0 saturated carbocycles. The van der Waals surface area contributed by atoms with Gasteiger partial charge in [-0.1, -0.05) is 24.3 Å². The van der Waals surface area contributed by atoms with Crippen molar-refractivity contribution in [1.82, 2.24) is 5.32 Å². The second kappa shape index (κ2) is 6.74. The van der Waals surface area contributed by atoms with Crippen LogP contribution in [0.5, 0.6) is 5.75 Å². The maximum Gasteiger partial charge on any atom is 0.305 e. The van der Waals surface area contributed by atoms with E-state index in [0.29, 0.717) is 0 Å². The molecule has 0 atom stereocenters. The van der Waals surface area contributed by atoms with Crippen LogP contribution >= 0.6 is 0 Å². The van der Waals surface area contributed by atoms with E-state index in [1.807, 2.05) is 36.4 Å². The zero-order valence-corrected chi connectivity index (χ0v) is 11.8. The standard InChI is InChI=1S/C16H17NO4/c1-21-13-6-5-11-3-2-4-12(14(11)10-13)9-15(18)17-8-7-16(19)20/h2-6,10H,7-9H2,1H3,(H,17,18)(H,19,20). The summed E-state index contributed by atoms with van der Waals surface area (Å²) in [4.78, 5) is 22.3. The molecule has 0 spiro atoms. The number of nitrogens with one attached hydrogen (secondary N) is 1. The molecule has 2 N–H and O–H groups in total. The van der Waals surface area contributed by atoms with Crippen LogP contribution in [-0.4, -0.2) is 30.6 Å². The molecular formula is C16H17NO4. The molecule has 0 radical (unpaired) electrons. The predicted octanol–water partition coefficient (Wildman–Crippen LogP) is 1.98. The summed E-state index contributed by atoms with van der Waals surface area (Å²) in [6.45, 7) is 0.141. The first-order chi connectivity index (χ1) is 10.1. The summed E-state index contributed by atoms with van der Waals surface area (Å²) >= 11 is 0. The van der Waals surface area contributed by atoms with Crippen LogP contribution in [0.3, 0.4) is 0 Å². The molecule has 0 aliphatic rings. The Bertz CT molecular complexity index is 666. The molecule has 0 unspecified atom stereocenters. The SMILES string of the molecule is COc1ccc2cccc(CC(=O)NCCC(=O)O)c2c1. The monoisotopic (exact) mass is 287 g/mol. The number of carboxylic acids is 1. The number of carbonyl (C=O) groups is 2. The van der Waals surface area contributed by atoms with Gasteiger partial charge in [0, 0.05) is 6.54 Å². The topological polar surface area (TPSA) is 75.6 Å². The van der Waals surface area contributed by atoms with Crippen molar-refractivity contribution in [3.8, 4) is 5.75 Å². The Hall–Kier alpha value is -2.56. The number of hydrogen-bond acceptors (Lipinski definition) is 3. The number of fused-ring (bicyclic) bond motifs is 1. The van der Waals surface area contributed by atoms with Gasteiger partial charge in [0.1, 0.15) is 5.75 Å². The second-order valence-electron chi connectivity index (χ2n) is 4.67. The molecule has 0 bridgehead atoms. The lowest BCUT2D eigenvalue weighted by Gasteiger charge is -2.09. The van der Waals surface area contributed by atoms with Crippen molar-refractivity contribution in [2.24, 2.45) is 0 Å². The van der Waals surface area contributed by atoms with Crippen molar-refractivity contribution in [1.29, 1.82) is 0 Å². The summed E-state index contributed by atoms with van der Waals surface area (Å²) in [5, 5.41) is 13.2. The fraction of sp³-hybridized carbons (Fsp3) is 0.250. The van der Waals surface area contributed by atoms with Crippen LogP contribution in [0.15, 0.2) is 36.4 Å². The van der Waals surface area contributed by atoms with Crippen LogP contribution in [0.1, 0.15) is 12.0 Å². The van der Waals surface area contributed by atoms with Crippen LogP contribution in [0, 0.1) is 0 Å². The van der Waals surface area contributed by atoms with Crippen molar-refractivity contribution < 1.29 is 19.4 Å². The van der Waals surface area contributed by atoms with Gasteiger partial charge in [0.15, 0.2) is 0 Å². The molecule has 0 saturated heterocycles. The van der Waals surface area contributed by atoms with Crippen molar-refractivity contribution >= 4 is 22.6 Å². The summed E-state index contributed by atoms with van der Waals surface area (Å²) in [6, 6.07) is 11.5. The molecule has 0 aromatic heterocycles. The number of amides is 1. The molecule has 1 amide bonds. The van der Waals surface area contributed by atoms with Crippen LogP contribution in [0.4, 0.5) is 0 Å². The summed E-state index contributed by atoms with van der Waals surface area (Å²) in [5.74, 6) is -0.377. The third kappa shape index (κ3) is 3.95. The van der Waals surface area contributed by atoms with Gasteiger partial charge in [0.25, 0.3) is 0 Å². The highest BCUT2D eigenvalue weighted by Gasteiger charge is 2.08. The number of methoxy groups -OCH3 is 1. The van der Waals surface area contributed by atoms with Crippen LogP contribution in [0.2, 0.25) is 0 Å². The number of rotatable bonds is 6. The number of aliphatic carboxylic acids is 1. The lowest BCUT2D eigenvalue weighted by molar-refractivity contribution is -0.136. The Morgan fingerprint density at radius 3 is 2.76 bits per heavy atom. The Balaban J connectivity index is 2.14. The van der Waals surface area contributed by atoms with Crippen molar-refractivity contribution in [2.75, 3.05) is 13.7 Å². The molecule has 0 heterocycles. The van der Waals surface area contributed by atoms with E-state index in [9.17, 15) is 9.59 Å². The predicted molar refractivity (Wildman–Crippen MR) is 79.5 cm³/mol. The summed E-state index contributed by atoms with van der Waals surface area (Å²) in [5.41, 5.74) is 0.888. The van der Waals surface area contributed by atoms with Crippen LogP contribution < -0.4 is 10.1 Å². The first-order valence-corrected chi connectivity index (χ1v) is 6.64. The minimum absolute atomic E-state index is 0.0743. The summed E-state index contributed by atoms with van der Waals surface area (Å²) in [7, 11) is 1.60. The van der Waals surface area contributed by atoms with E-state index >= 15 is 0 Å². The Morgan fingerprint density at radius 1 is 1.24 bits per heavy atom. The van der Waals surface area contributed by atoms with E-state index < -0.39 is 5.97 Å². The number of carboxylic acid groups (broad SMARTS) is 1. The third-order valence-electron chi connectivity index (χ3n) is 3.19. The van der Waals surface area contributed by atoms with Crippen molar-refractivity contribution in [3.63, 3.8) is 0 Å². The minimum atomic E-state index is -0.926. The molecule has 2 rings (SSSR count). The number of ether oxygens (including phenoxy) is 1. The van der Waals surface area contributed by atoms with Gasteiger partial charge in [-0.05, 0) is 28.5 Å². The molecule has 110 valence electrons. The van der Waals surface area contributed by atoms with Gasteiger partial charge >= 0.3 is 5.97 Å². The Kier molecular flexibility index (Phi) is 4.77. The normalized spacial score (nSPS) is 10.3. The largest absolute Gasteiger partial charge is 0.497 e. The van der Waals surface area contributed by atoms with Gasteiger partial charge in [-0.25, -0.2) is 0 Å². The van der Waals surface area contributed by atoms with E-state index in [1.54, 1.807) is 7.11 Å². The molecule has 2 aromatic rings. The first-order valence-electron chi connectivity index (χ1n) is 6.64. The van der Waals surface area contributed by atoms with Crippen molar-refractivity contribution in [3.05, 3.63) is 42.0 Å². The highest BCUT2D eigenvalue weighted by molar-refractivity contribution is 5.91. The van der Waals surface area contributed by atoms with E-state index in [4.69, 9.17) is 9.84 Å². The highest BCUT2D eigenvalue weighted by atomic mass is 16.5. The third-order valence-corrected chi connectivity index (χ3v) is 3.19. The summed E-state index contributed by atoms with van der Waals surface area (Å²) in [6.07, 6.45) is 0.138. The Labute approximate surface area is 122 Å². The maximum atomic E-state index is 11.9. The van der Waals surface area contributed by atoms with Gasteiger partial charge in [-0.15, -0.1) is 0 Å². The lowest BCUT2D eigenvalue weighted by atomic mass is 10.0. The van der Waals surface area contributed by atoms with E-state index in [1.165, 1.54) is 0 Å². The maximum absolute atomic E-state index is 11.9. The molecule has 2 aromatic carbocycles. The van der Waals surface area contributed by atoms with Crippen LogP contribution in [-0.2, 0) is 16.0 Å². The highest BCUT2D eigenvalue weighted by Crippen LogP contribution is 2.24. The van der Waals surface area contributed by atoms with Gasteiger partial charge in [-0.2, -0.15) is 0 Å². The van der Waals surface area contributed by atoms with E-state index in [0.717, 1.165) is 22.1 Å². The average Bonchev–Trinajstić information content (AvgIpc) is 2.46. The molecule has 0 aliphatic carbocycles. The average molecular weight is 287 g/mol. The van der Waals surface area contributed by atoms with Gasteiger partial charge in [0.05, 0.1) is 20.0 Å². The number of carbonyl (C=O) groups excluding carboxylic acids is 1. The van der Waals surface area contributed by atoms with Gasteiger partial charge < -0.3 is 15.2 Å². The Morgan fingerprint density at radius 2 is 2.05 bits per heavy atom. The van der Waals surface area contributed by atoms with Gasteiger partial charge in [-0.3, -0.25) is 9.59 Å². The molecule has 0 fully saturated rings. The smallest absolute Gasteiger partial charge is 0.305 e. The molecule has 5 nitrogen and oxygen atoms in total. The molecular weight excluding hydrogens is 270 g/mol. The summed E-state index contributed by atoms with van der Waals surface area (Å²) < 4.78 is 5.21. The fourth-order valence-corrected chi connectivity index (χ4v) is 2.14. The lowest BCUT2D eigenvalue weighted by Crippen LogP contribution is -2.27. The van der Waals surface area contributed by atoms with Crippen LogP contribution in [0.25, 0.3) is 10.8 Å². The molecule has 0 aliphatic heterocycles. The van der Waals surface area contributed by atoms with E-state index in [2.05, 4.69) is 5.32 Å². The second-order valence-corrected chi connectivity index (χ2v) is 4.67. The van der Waals surface area contributed by atoms with Crippen molar-refractivity contribution in [2.45, 2.75) is 12.8 Å². The zero-order valence-electron chi connectivity index (χ0n) is 11.8. The van der Waals surface area contributed by atoms with E-state index in [-0.39, 0.29) is 25.3 Å². The van der Waals surface area contributed by atoms with Gasteiger partial charge in [0.2, 0.25) is 5.91 Å². The quantitative estimate of drug-likeness (QED) is 0.852. The zero-order chi connectivity index (χ0) is 15.2. The molecule has 5 heteroatoms. The fourth-order valence-electron chi connectivity index (χ4n) is 2.14. The first kappa shape index (κ1) is 14.8. The molecule has 21 heavy (non-hydrogen) atoms. The number of hydrogen-bond donors (Lipinski definition) is 2.